The molecular weight excluding hydrogens is 1830 g/mol. The maximum atomic E-state index is 12.9. The SMILES string of the molecule is CC.CC(=O)O.CC(C(=O)Nc1c(N)cc(OCc2ccccc2)c2ccccc12)N1CCOCC1.CC(C(=O)O)N1CCOCC1.CC(c1nc2c([nH]1)C(=O)C(=O)c1ccccc1-2)N1CCOCC1.CC(c1nc2c(cc(O)c3ccccc32)[nH]1)N1CCOCC1.CC(c1nc2c(cc(OCc3ccccc3)c3ccccc32)[nH]1)N1CCOCC1.Nc1c([N+](=O)[O-])cc(OCc2ccccc2)c2ccccc12.[2H]C. The number of imidazole rings is 3. The van der Waals surface area contributed by atoms with Gasteiger partial charge in [0.05, 0.1) is 135 Å². The van der Waals surface area contributed by atoms with Crippen LogP contribution in [-0.2, 0) is 57.9 Å². The van der Waals surface area contributed by atoms with E-state index in [-0.39, 0.29) is 53.2 Å². The summed E-state index contributed by atoms with van der Waals surface area (Å²) >= 11 is 0. The molecule has 144 heavy (non-hydrogen) atoms. The summed E-state index contributed by atoms with van der Waals surface area (Å²) in [6.45, 7) is 31.9. The number of H-pyrrole nitrogens is 3. The van der Waals surface area contributed by atoms with Gasteiger partial charge in [-0.1, -0.05) is 234 Å². The van der Waals surface area contributed by atoms with Crippen molar-refractivity contribution < 1.29 is 83.5 Å². The van der Waals surface area contributed by atoms with Gasteiger partial charge in [0.15, 0.2) is 0 Å². The van der Waals surface area contributed by atoms with E-state index in [0.717, 1.165) is 204 Å². The zero-order valence-electron chi connectivity index (χ0n) is 83.8. The number of aromatic amines is 3. The Morgan fingerprint density at radius 2 is 0.778 bits per heavy atom. The molecule has 11 N–H and O–H groups in total. The maximum Gasteiger partial charge on any atom is 0.320 e. The molecule has 5 unspecified atom stereocenters. The molecular formula is C111H129N15O18. The van der Waals surface area contributed by atoms with Crippen molar-refractivity contribution in [1.82, 2.24) is 54.4 Å². The number of phenolic OH excluding ortho intramolecular Hbond substituents is 1. The maximum absolute atomic E-state index is 12.9. The first-order chi connectivity index (χ1) is 70.4. The van der Waals surface area contributed by atoms with Crippen molar-refractivity contribution in [2.24, 2.45) is 0 Å². The first kappa shape index (κ1) is 105. The average Bonchev–Trinajstić information content (AvgIpc) is 1.61. The van der Waals surface area contributed by atoms with Crippen LogP contribution in [0.3, 0.4) is 0 Å². The van der Waals surface area contributed by atoms with Crippen molar-refractivity contribution >= 4 is 117 Å². The monoisotopic (exact) mass is 1960 g/mol. The van der Waals surface area contributed by atoms with E-state index in [0.29, 0.717) is 105 Å². The van der Waals surface area contributed by atoms with Gasteiger partial charge < -0.3 is 85.0 Å². The van der Waals surface area contributed by atoms with E-state index in [2.05, 4.69) is 95.1 Å². The number of anilines is 3. The minimum absolute atomic E-state index is 0.0413. The number of carbonyl (C=O) groups is 5. The highest BCUT2D eigenvalue weighted by molar-refractivity contribution is 6.52. The second kappa shape index (κ2) is 51.9. The normalized spacial score (nSPS) is 16.0. The topological polar surface area (TPSA) is 429 Å². The fourth-order valence-electron chi connectivity index (χ4n) is 17.6. The lowest BCUT2D eigenvalue weighted by Gasteiger charge is -2.31. The van der Waals surface area contributed by atoms with E-state index >= 15 is 0 Å². The van der Waals surface area contributed by atoms with E-state index in [4.69, 9.17) is 75.7 Å². The van der Waals surface area contributed by atoms with Crippen LogP contribution in [0.2, 0.25) is 0 Å². The molecule has 3 aromatic heterocycles. The number of rotatable bonds is 21. The number of hydrogen-bond acceptors (Lipinski definition) is 26. The number of benzene rings is 12. The zero-order chi connectivity index (χ0) is 103. The number of aromatic nitrogens is 6. The predicted octanol–water partition coefficient (Wildman–Crippen LogP) is 18.5. The Morgan fingerprint density at radius 3 is 1.21 bits per heavy atom. The van der Waals surface area contributed by atoms with E-state index in [1.807, 2.05) is 190 Å². The molecule has 5 fully saturated rings. The molecule has 6 aliphatic rings. The molecule has 0 saturated carbocycles. The number of morpholine rings is 5. The smallest absolute Gasteiger partial charge is 0.320 e. The number of nitrogens with zero attached hydrogens (tertiary/aromatic N) is 9. The van der Waals surface area contributed by atoms with Crippen molar-refractivity contribution in [3.05, 3.63) is 292 Å². The zero-order valence-corrected chi connectivity index (χ0v) is 82.8. The molecule has 1 amide bonds. The van der Waals surface area contributed by atoms with Crippen LogP contribution in [0, 0.1) is 10.1 Å². The number of nitrogens with one attached hydrogen (secondary N) is 4. The summed E-state index contributed by atoms with van der Waals surface area (Å²) in [5.74, 6) is 2.33. The number of nitro groups is 1. The number of nitro benzene ring substituents is 1. The highest BCUT2D eigenvalue weighted by Gasteiger charge is 2.36. The van der Waals surface area contributed by atoms with Gasteiger partial charge in [0, 0.05) is 146 Å². The molecule has 15 aromatic rings. The van der Waals surface area contributed by atoms with Crippen LogP contribution in [0.4, 0.5) is 22.7 Å². The Balaban J connectivity index is 0.000000146. The van der Waals surface area contributed by atoms with Gasteiger partial charge in [0.2, 0.25) is 11.7 Å². The molecule has 756 valence electrons. The van der Waals surface area contributed by atoms with E-state index < -0.39 is 28.4 Å². The Kier molecular flexibility index (Phi) is 37.9. The Morgan fingerprint density at radius 1 is 0.444 bits per heavy atom. The Hall–Kier alpha value is -14.6. The summed E-state index contributed by atoms with van der Waals surface area (Å²) in [5, 5.41) is 47.7. The van der Waals surface area contributed by atoms with Crippen LogP contribution >= 0.6 is 0 Å². The first-order valence-corrected chi connectivity index (χ1v) is 48.3. The van der Waals surface area contributed by atoms with Crippen molar-refractivity contribution in [1.29, 1.82) is 0 Å². The minimum Gasteiger partial charge on any atom is -0.507 e. The van der Waals surface area contributed by atoms with Gasteiger partial charge >= 0.3 is 5.97 Å². The number of carboxylic acids is 2. The highest BCUT2D eigenvalue weighted by atomic mass is 16.6. The third-order valence-corrected chi connectivity index (χ3v) is 25.7. The molecule has 0 bridgehead atoms. The molecule has 21 rings (SSSR count). The van der Waals surface area contributed by atoms with E-state index in [1.165, 1.54) is 13.5 Å². The van der Waals surface area contributed by atoms with Gasteiger partial charge in [-0.05, 0) is 51.3 Å². The first-order valence-electron chi connectivity index (χ1n) is 49.3. The molecule has 8 heterocycles. The number of aliphatic carboxylic acids is 2. The number of aromatic hydroxyl groups is 1. The predicted molar refractivity (Wildman–Crippen MR) is 561 cm³/mol. The molecule has 12 aromatic carbocycles. The number of phenols is 1. The second-order valence-corrected chi connectivity index (χ2v) is 34.7. The summed E-state index contributed by atoms with van der Waals surface area (Å²) in [5.41, 5.74) is 22.5. The molecule has 33 heteroatoms. The number of amides is 1. The van der Waals surface area contributed by atoms with Crippen molar-refractivity contribution in [3.63, 3.8) is 0 Å². The molecule has 5 saturated heterocycles. The van der Waals surface area contributed by atoms with Crippen LogP contribution in [0.5, 0.6) is 23.0 Å². The number of hydrogen-bond donors (Lipinski definition) is 9. The lowest BCUT2D eigenvalue weighted by molar-refractivity contribution is -0.383. The summed E-state index contributed by atoms with van der Waals surface area (Å²) in [7, 11) is 1.25. The fraction of sp³-hybridized carbons (Fsp3) is 0.333. The van der Waals surface area contributed by atoms with Gasteiger partial charge in [-0.3, -0.25) is 58.6 Å². The van der Waals surface area contributed by atoms with Gasteiger partial charge in [0.25, 0.3) is 17.4 Å². The Labute approximate surface area is 838 Å². The fourth-order valence-corrected chi connectivity index (χ4v) is 17.6. The average molecular weight is 1960 g/mol. The van der Waals surface area contributed by atoms with Gasteiger partial charge in [-0.2, -0.15) is 0 Å². The molecule has 5 atom stereocenters. The molecule has 0 spiro atoms. The third kappa shape index (κ3) is 26.8. The number of nitrogen functional groups attached to an aromatic ring is 2. The molecule has 33 nitrogen and oxygen atoms in total. The van der Waals surface area contributed by atoms with Gasteiger partial charge in [-0.25, -0.2) is 15.0 Å². The van der Waals surface area contributed by atoms with E-state index in [9.17, 15) is 34.4 Å². The minimum atomic E-state index is -0.833. The number of fused-ring (bicyclic) bond motifs is 11. The van der Waals surface area contributed by atoms with Gasteiger partial charge in [-0.15, -0.1) is 0 Å². The van der Waals surface area contributed by atoms with Crippen LogP contribution in [0.15, 0.2) is 237 Å². The summed E-state index contributed by atoms with van der Waals surface area (Å²) < 4.78 is 50.6. The number of Topliss-reactive ketones (excluding diaryl/α,β-unsaturated/α-hetero) is 2. The van der Waals surface area contributed by atoms with Crippen molar-refractivity contribution in [2.45, 2.75) is 113 Å². The molecule has 5 aliphatic heterocycles. The number of carbonyl (C=O) groups excluding carboxylic acids is 3. The third-order valence-electron chi connectivity index (χ3n) is 25.7. The molecule has 0 radical (unpaired) electrons. The van der Waals surface area contributed by atoms with Crippen LogP contribution in [0.25, 0.3) is 76.4 Å². The molecule has 1 aliphatic carbocycles. The lowest BCUT2D eigenvalue weighted by atomic mass is 9.90. The standard InChI is InChI=1S/C24H27N3O3.C24H25N3O2.C17H17N3O3.C17H19N3O2.C17H14N2O3.C7H13NO3.C2H4O2.C2H6.CH4/c1-17(27-11-13-29-14-12-27)24(28)26-23-20-10-6-5-9-19(20)22(15-21(23)25)30-16-18-7-3-2-4-8-18;1-17(27-11-13-28-14-12-27)24-25-21-15-22(29-16-18-7-3-2-4-8-18)19-9-5-6-10-20(19)23(21)26-24;1-10(20-6-8-23-9-7-20)17-18-13-11-4-2-3-5-12(11)15(21)16(22)14(13)19-17;1-11(20-6-8-22-9-7-20)17-18-14-10-15(21)12-4-2-3-5-13(12)16(14)19-17;18-17-14-9-5-4-8-13(14)16(10-15(17)19(20)21)22-11-12-6-2-1-3-7-12;1-6(7(9)10)8-2-4-11-5-3-8;1-2(3)4;1-2;/h2-10,15,17H,11-14,16,25H2,1H3,(H,26,28);2-10,15,17H,11-14,16H2,1H3,(H,25,26);2-5,10H,6-9H2,1H3,(H,18,19);2-5,10-11,21H,6-9H2,1H3,(H,18,19);1-10H,11,18H2;6H,2-5H2,1H3,(H,9,10);1H3,(H,3,4);1-2H3;1H4/i;;;;;;;;1D. The van der Waals surface area contributed by atoms with E-state index in [1.54, 1.807) is 43.3 Å². The lowest BCUT2D eigenvalue weighted by Crippen LogP contribution is -2.47. The van der Waals surface area contributed by atoms with Crippen LogP contribution in [0.1, 0.15) is 137 Å². The number of ether oxygens (including phenoxy) is 8. The van der Waals surface area contributed by atoms with Crippen molar-refractivity contribution in [2.75, 3.05) is 148 Å². The van der Waals surface area contributed by atoms with Crippen LogP contribution < -0.4 is 31.0 Å². The van der Waals surface area contributed by atoms with Crippen LogP contribution in [-0.4, -0.2) is 248 Å². The summed E-state index contributed by atoms with van der Waals surface area (Å²) in [4.78, 5) is 103. The summed E-state index contributed by atoms with van der Waals surface area (Å²) in [6, 6.07) is 75.1. The number of nitrogens with two attached hydrogens (primary N) is 2. The second-order valence-electron chi connectivity index (χ2n) is 34.7. The largest absolute Gasteiger partial charge is 0.507 e. The number of ketones is 2. The quantitative estimate of drug-likeness (QED) is 0.0140. The van der Waals surface area contributed by atoms with Gasteiger partial charge in [0.1, 0.15) is 83.4 Å². The highest BCUT2D eigenvalue weighted by Crippen LogP contribution is 2.42. The number of carboxylic acid groups (broad SMARTS) is 2. The summed E-state index contributed by atoms with van der Waals surface area (Å²) in [6.07, 6.45) is 0. The van der Waals surface area contributed by atoms with Crippen molar-refractivity contribution in [3.8, 4) is 34.3 Å². The Bertz CT molecular complexity index is 6820.